The fourth-order valence-corrected chi connectivity index (χ4v) is 3.35. The maximum absolute atomic E-state index is 12.3. The Bertz CT molecular complexity index is 1380. The minimum Gasteiger partial charge on any atom is -0.461 e. The fraction of sp³-hybridized carbons (Fsp3) is 0.130. The summed E-state index contributed by atoms with van der Waals surface area (Å²) in [5.41, 5.74) is 8.71. The number of nitrogens with one attached hydrogen (secondary N) is 1. The number of nitrogens with two attached hydrogens (primary N) is 1. The first-order valence-corrected chi connectivity index (χ1v) is 10.3. The lowest BCUT2D eigenvalue weighted by molar-refractivity contribution is 0.0992. The largest absolute Gasteiger partial charge is 0.461 e. The summed E-state index contributed by atoms with van der Waals surface area (Å²) in [5, 5.41) is 7.45. The van der Waals surface area contributed by atoms with Crippen molar-refractivity contribution in [1.29, 1.82) is 0 Å². The number of furan rings is 1. The number of anilines is 2. The molecule has 5 rings (SSSR count). The van der Waals surface area contributed by atoms with Crippen molar-refractivity contribution >= 4 is 23.5 Å². The minimum absolute atomic E-state index is 0.0475. The van der Waals surface area contributed by atoms with E-state index >= 15 is 0 Å². The average Bonchev–Trinajstić information content (AvgIpc) is 3.51. The molecule has 10 heteroatoms. The molecule has 0 unspecified atom stereocenters. The van der Waals surface area contributed by atoms with Crippen molar-refractivity contribution in [1.82, 2.24) is 29.5 Å². The Balaban J connectivity index is 1.19. The van der Waals surface area contributed by atoms with E-state index in [1.807, 2.05) is 24.3 Å². The van der Waals surface area contributed by atoms with Gasteiger partial charge in [-0.1, -0.05) is 24.3 Å². The Morgan fingerprint density at radius 1 is 1.03 bits per heavy atom. The minimum atomic E-state index is 0.0475. The van der Waals surface area contributed by atoms with Crippen LogP contribution in [0.25, 0.3) is 17.4 Å². The first kappa shape index (κ1) is 20.3. The molecular formula is C23H20N8O2. The molecule has 4 heterocycles. The summed E-state index contributed by atoms with van der Waals surface area (Å²) in [7, 11) is 0. The summed E-state index contributed by atoms with van der Waals surface area (Å²) in [6, 6.07) is 15.0. The van der Waals surface area contributed by atoms with Crippen LogP contribution in [0.5, 0.6) is 0 Å². The fourth-order valence-electron chi connectivity index (χ4n) is 3.35. The second-order valence-electron chi connectivity index (χ2n) is 7.36. The molecule has 0 saturated heterocycles. The van der Waals surface area contributed by atoms with Crippen LogP contribution in [0.1, 0.15) is 21.5 Å². The molecule has 0 atom stereocenters. The first-order chi connectivity index (χ1) is 16.2. The number of benzene rings is 1. The zero-order valence-electron chi connectivity index (χ0n) is 17.5. The van der Waals surface area contributed by atoms with Crippen LogP contribution in [0.2, 0.25) is 0 Å². The summed E-state index contributed by atoms with van der Waals surface area (Å²) in [6.07, 6.45) is 5.88. The summed E-state index contributed by atoms with van der Waals surface area (Å²) in [6.45, 7) is 0.600. The predicted molar refractivity (Wildman–Crippen MR) is 122 cm³/mol. The van der Waals surface area contributed by atoms with Gasteiger partial charge in [0, 0.05) is 30.9 Å². The third-order valence-corrected chi connectivity index (χ3v) is 5.04. The van der Waals surface area contributed by atoms with Crippen LogP contribution in [0, 0.1) is 0 Å². The number of ketones is 1. The molecule has 1 aromatic carbocycles. The van der Waals surface area contributed by atoms with Crippen LogP contribution in [0.4, 0.5) is 11.9 Å². The van der Waals surface area contributed by atoms with E-state index in [0.29, 0.717) is 41.8 Å². The molecule has 33 heavy (non-hydrogen) atoms. The summed E-state index contributed by atoms with van der Waals surface area (Å²) in [4.78, 5) is 29.3. The number of Topliss-reactive ketones (excluding diaryl/α,β-unsaturated/α-hetero) is 1. The Labute approximate surface area is 188 Å². The van der Waals surface area contributed by atoms with Gasteiger partial charge in [-0.3, -0.25) is 9.78 Å². The van der Waals surface area contributed by atoms with Crippen LogP contribution < -0.4 is 11.1 Å². The van der Waals surface area contributed by atoms with Gasteiger partial charge in [0.1, 0.15) is 0 Å². The monoisotopic (exact) mass is 440 g/mol. The Hall–Kier alpha value is -4.60. The van der Waals surface area contributed by atoms with Gasteiger partial charge in [0.2, 0.25) is 17.7 Å². The van der Waals surface area contributed by atoms with Crippen molar-refractivity contribution < 1.29 is 9.21 Å². The smallest absolute Gasteiger partial charge is 0.259 e. The summed E-state index contributed by atoms with van der Waals surface area (Å²) >= 11 is 0. The predicted octanol–water partition coefficient (Wildman–Crippen LogP) is 2.84. The molecule has 4 aromatic heterocycles. The number of rotatable bonds is 8. The zero-order valence-corrected chi connectivity index (χ0v) is 17.5. The molecule has 0 bridgehead atoms. The molecule has 5 aromatic rings. The van der Waals surface area contributed by atoms with Crippen molar-refractivity contribution in [2.75, 3.05) is 17.6 Å². The molecule has 0 aliphatic carbocycles. The van der Waals surface area contributed by atoms with E-state index in [1.165, 1.54) is 4.52 Å². The maximum Gasteiger partial charge on any atom is 0.259 e. The van der Waals surface area contributed by atoms with Crippen molar-refractivity contribution in [3.8, 4) is 11.6 Å². The van der Waals surface area contributed by atoms with Gasteiger partial charge >= 0.3 is 0 Å². The highest BCUT2D eigenvalue weighted by Crippen LogP contribution is 2.17. The van der Waals surface area contributed by atoms with Crippen molar-refractivity contribution in [3.63, 3.8) is 0 Å². The third kappa shape index (κ3) is 4.54. The number of nitrogens with zero attached hydrogens (tertiary/aromatic N) is 6. The van der Waals surface area contributed by atoms with Crippen molar-refractivity contribution in [2.45, 2.75) is 12.8 Å². The SMILES string of the molecule is Nc1nc(NCCc2ccc(CC(=O)c3cccnc3)cc2)nc2nc(-c3ccco3)nn12. The van der Waals surface area contributed by atoms with Gasteiger partial charge in [-0.05, 0) is 41.8 Å². The summed E-state index contributed by atoms with van der Waals surface area (Å²) in [5.74, 6) is 1.85. The van der Waals surface area contributed by atoms with E-state index in [0.717, 1.165) is 17.5 Å². The van der Waals surface area contributed by atoms with E-state index in [2.05, 4.69) is 30.4 Å². The lowest BCUT2D eigenvalue weighted by Crippen LogP contribution is -2.12. The van der Waals surface area contributed by atoms with Crippen molar-refractivity contribution in [3.05, 3.63) is 83.9 Å². The van der Waals surface area contributed by atoms with Gasteiger partial charge in [0.15, 0.2) is 11.5 Å². The number of fused-ring (bicyclic) bond motifs is 1. The third-order valence-electron chi connectivity index (χ3n) is 5.04. The molecule has 10 nitrogen and oxygen atoms in total. The molecule has 3 N–H and O–H groups in total. The van der Waals surface area contributed by atoms with Gasteiger partial charge in [-0.2, -0.15) is 19.5 Å². The highest BCUT2D eigenvalue weighted by Gasteiger charge is 2.13. The Morgan fingerprint density at radius 2 is 1.88 bits per heavy atom. The van der Waals surface area contributed by atoms with Crippen molar-refractivity contribution in [2.24, 2.45) is 0 Å². The number of carbonyl (C=O) groups excluding carboxylic acids is 1. The maximum atomic E-state index is 12.3. The highest BCUT2D eigenvalue weighted by atomic mass is 16.3. The van der Waals surface area contributed by atoms with Gasteiger partial charge in [-0.25, -0.2) is 0 Å². The van der Waals surface area contributed by atoms with Gasteiger partial charge in [0.05, 0.1) is 6.26 Å². The second kappa shape index (κ2) is 8.87. The molecule has 0 radical (unpaired) electrons. The van der Waals surface area contributed by atoms with E-state index in [4.69, 9.17) is 10.2 Å². The molecule has 0 aliphatic rings. The van der Waals surface area contributed by atoms with Crippen LogP contribution in [0.3, 0.4) is 0 Å². The Morgan fingerprint density at radius 3 is 2.64 bits per heavy atom. The highest BCUT2D eigenvalue weighted by molar-refractivity contribution is 5.97. The lowest BCUT2D eigenvalue weighted by Gasteiger charge is -2.07. The van der Waals surface area contributed by atoms with Gasteiger partial charge in [-0.15, -0.1) is 5.10 Å². The molecule has 0 fully saturated rings. The normalized spacial score (nSPS) is 11.0. The quantitative estimate of drug-likeness (QED) is 0.349. The summed E-state index contributed by atoms with van der Waals surface area (Å²) < 4.78 is 6.69. The van der Waals surface area contributed by atoms with E-state index in [1.54, 1.807) is 42.9 Å². The molecule has 0 saturated carbocycles. The molecule has 0 aliphatic heterocycles. The lowest BCUT2D eigenvalue weighted by atomic mass is 10.0. The van der Waals surface area contributed by atoms with Crippen LogP contribution in [0.15, 0.2) is 71.6 Å². The number of nitrogen functional groups attached to an aromatic ring is 1. The van der Waals surface area contributed by atoms with Crippen LogP contribution >= 0.6 is 0 Å². The average molecular weight is 440 g/mol. The molecular weight excluding hydrogens is 420 g/mol. The van der Waals surface area contributed by atoms with E-state index in [-0.39, 0.29) is 11.7 Å². The number of hydrogen-bond donors (Lipinski definition) is 2. The van der Waals surface area contributed by atoms with E-state index < -0.39 is 0 Å². The molecule has 164 valence electrons. The number of pyridine rings is 1. The Kier molecular flexibility index (Phi) is 5.46. The first-order valence-electron chi connectivity index (χ1n) is 10.3. The second-order valence-corrected chi connectivity index (χ2v) is 7.36. The molecule has 0 spiro atoms. The topological polar surface area (TPSA) is 137 Å². The number of carbonyl (C=O) groups is 1. The number of aromatic nitrogens is 6. The standard InChI is InChI=1S/C23H20N8O2/c24-21-28-22(29-23-27-20(30-31(21)23)19-4-2-12-33-19)26-11-9-15-5-7-16(8-6-15)13-18(32)17-3-1-10-25-14-17/h1-8,10,12,14H,9,11,13H2,(H3,24,26,27,28,29,30). The molecule has 0 amide bonds. The van der Waals surface area contributed by atoms with Gasteiger partial charge in [0.25, 0.3) is 5.78 Å². The number of hydrogen-bond acceptors (Lipinski definition) is 9. The van der Waals surface area contributed by atoms with Gasteiger partial charge < -0.3 is 15.5 Å². The zero-order chi connectivity index (χ0) is 22.6. The van der Waals surface area contributed by atoms with Crippen LogP contribution in [-0.4, -0.2) is 41.9 Å². The van der Waals surface area contributed by atoms with Crippen LogP contribution in [-0.2, 0) is 12.8 Å². The van der Waals surface area contributed by atoms with E-state index in [9.17, 15) is 4.79 Å².